The Balaban J connectivity index is 3.30. The molecule has 0 amide bonds. The number of aromatic hydroxyl groups is 1. The standard InChI is InChI=1S/C6H8N2O2/c1-3-4(2)6(9)7-5(3)8-10/h7,9H,1-2H3. The van der Waals surface area contributed by atoms with E-state index in [2.05, 4.69) is 10.2 Å². The molecule has 1 aromatic heterocycles. The summed E-state index contributed by atoms with van der Waals surface area (Å²) in [4.78, 5) is 12.4. The summed E-state index contributed by atoms with van der Waals surface area (Å²) in [6.45, 7) is 3.44. The van der Waals surface area contributed by atoms with E-state index in [-0.39, 0.29) is 11.7 Å². The highest BCUT2D eigenvalue weighted by atomic mass is 16.3. The van der Waals surface area contributed by atoms with Gasteiger partial charge in [0.05, 0.1) is 0 Å². The first-order valence-electron chi connectivity index (χ1n) is 2.88. The average molecular weight is 140 g/mol. The van der Waals surface area contributed by atoms with Gasteiger partial charge in [-0.2, -0.15) is 0 Å². The Morgan fingerprint density at radius 2 is 2.00 bits per heavy atom. The van der Waals surface area contributed by atoms with Gasteiger partial charge in [0.2, 0.25) is 0 Å². The third kappa shape index (κ3) is 0.775. The average Bonchev–Trinajstić information content (AvgIpc) is 2.17. The molecule has 0 aliphatic rings. The smallest absolute Gasteiger partial charge is 0.193 e. The fourth-order valence-corrected chi connectivity index (χ4v) is 0.746. The van der Waals surface area contributed by atoms with Gasteiger partial charge in [-0.1, -0.05) is 0 Å². The van der Waals surface area contributed by atoms with Crippen LogP contribution in [0.5, 0.6) is 5.88 Å². The molecular formula is C6H8N2O2. The summed E-state index contributed by atoms with van der Waals surface area (Å²) in [5.74, 6) is 0.224. The van der Waals surface area contributed by atoms with E-state index in [4.69, 9.17) is 5.11 Å². The van der Waals surface area contributed by atoms with Crippen LogP contribution in [0.4, 0.5) is 5.82 Å². The number of nitroso groups, excluding NO2 is 1. The monoisotopic (exact) mass is 140 g/mol. The predicted octanol–water partition coefficient (Wildman–Crippen LogP) is 1.74. The molecule has 0 bridgehead atoms. The highest BCUT2D eigenvalue weighted by molar-refractivity contribution is 5.49. The molecule has 1 rings (SSSR count). The van der Waals surface area contributed by atoms with Crippen molar-refractivity contribution in [3.05, 3.63) is 16.0 Å². The summed E-state index contributed by atoms with van der Waals surface area (Å²) < 4.78 is 0. The van der Waals surface area contributed by atoms with Crippen molar-refractivity contribution in [3.8, 4) is 5.88 Å². The van der Waals surface area contributed by atoms with Crippen molar-refractivity contribution in [2.45, 2.75) is 13.8 Å². The van der Waals surface area contributed by atoms with E-state index in [0.29, 0.717) is 11.1 Å². The van der Waals surface area contributed by atoms with Crippen molar-refractivity contribution in [2.75, 3.05) is 0 Å². The molecule has 0 aliphatic heterocycles. The van der Waals surface area contributed by atoms with Crippen LogP contribution in [0.3, 0.4) is 0 Å². The van der Waals surface area contributed by atoms with Gasteiger partial charge >= 0.3 is 0 Å². The summed E-state index contributed by atoms with van der Waals surface area (Å²) in [5, 5.41) is 11.7. The number of rotatable bonds is 1. The maximum absolute atomic E-state index is 10.0. The Kier molecular flexibility index (Phi) is 1.45. The first-order chi connectivity index (χ1) is 4.66. The van der Waals surface area contributed by atoms with Gasteiger partial charge in [-0.15, -0.1) is 4.91 Å². The van der Waals surface area contributed by atoms with Crippen molar-refractivity contribution < 1.29 is 5.11 Å². The van der Waals surface area contributed by atoms with E-state index >= 15 is 0 Å². The number of nitrogens with zero attached hydrogens (tertiary/aromatic N) is 1. The topological polar surface area (TPSA) is 65.4 Å². The minimum atomic E-state index is 0.0205. The van der Waals surface area contributed by atoms with Crippen LogP contribution in [-0.4, -0.2) is 10.1 Å². The van der Waals surface area contributed by atoms with E-state index < -0.39 is 0 Å². The third-order valence-corrected chi connectivity index (χ3v) is 1.60. The van der Waals surface area contributed by atoms with Gasteiger partial charge < -0.3 is 10.1 Å². The van der Waals surface area contributed by atoms with Gasteiger partial charge in [0, 0.05) is 11.1 Å². The maximum atomic E-state index is 10.0. The quantitative estimate of drug-likeness (QED) is 0.583. The molecule has 0 unspecified atom stereocenters. The van der Waals surface area contributed by atoms with Gasteiger partial charge in [0.25, 0.3) is 0 Å². The first kappa shape index (κ1) is 6.80. The van der Waals surface area contributed by atoms with Crippen molar-refractivity contribution in [2.24, 2.45) is 5.18 Å². The van der Waals surface area contributed by atoms with Crippen LogP contribution in [0, 0.1) is 18.8 Å². The molecule has 0 saturated heterocycles. The molecule has 0 saturated carbocycles. The minimum Gasteiger partial charge on any atom is -0.494 e. The third-order valence-electron chi connectivity index (χ3n) is 1.60. The lowest BCUT2D eigenvalue weighted by atomic mass is 10.2. The van der Waals surface area contributed by atoms with Gasteiger partial charge in [-0.25, -0.2) is 0 Å². The highest BCUT2D eigenvalue weighted by Crippen LogP contribution is 2.27. The molecule has 0 radical (unpaired) electrons. The summed E-state index contributed by atoms with van der Waals surface area (Å²) in [7, 11) is 0. The lowest BCUT2D eigenvalue weighted by Crippen LogP contribution is -1.68. The lowest BCUT2D eigenvalue weighted by molar-refractivity contribution is 0.453. The number of hydrogen-bond acceptors (Lipinski definition) is 3. The van der Waals surface area contributed by atoms with E-state index in [0.717, 1.165) is 0 Å². The van der Waals surface area contributed by atoms with Crippen LogP contribution in [0.1, 0.15) is 11.1 Å². The summed E-state index contributed by atoms with van der Waals surface area (Å²) >= 11 is 0. The van der Waals surface area contributed by atoms with Crippen molar-refractivity contribution in [3.63, 3.8) is 0 Å². The summed E-state index contributed by atoms with van der Waals surface area (Å²) in [5.41, 5.74) is 1.38. The molecule has 0 fully saturated rings. The second-order valence-electron chi connectivity index (χ2n) is 2.16. The normalized spacial score (nSPS) is 9.80. The SMILES string of the molecule is Cc1c(O)[nH]c(N=O)c1C. The highest BCUT2D eigenvalue weighted by Gasteiger charge is 2.08. The van der Waals surface area contributed by atoms with Crippen molar-refractivity contribution in [1.82, 2.24) is 4.98 Å². The van der Waals surface area contributed by atoms with E-state index in [1.807, 2.05) is 0 Å². The molecule has 0 spiro atoms. The molecule has 10 heavy (non-hydrogen) atoms. The van der Waals surface area contributed by atoms with Gasteiger partial charge in [-0.3, -0.25) is 0 Å². The zero-order chi connectivity index (χ0) is 7.72. The van der Waals surface area contributed by atoms with Crippen LogP contribution in [0.15, 0.2) is 5.18 Å². The number of aromatic nitrogens is 1. The Labute approximate surface area is 57.9 Å². The minimum absolute atomic E-state index is 0.0205. The van der Waals surface area contributed by atoms with Gasteiger partial charge in [0.1, 0.15) is 0 Å². The molecule has 1 heterocycles. The molecule has 2 N–H and O–H groups in total. The second kappa shape index (κ2) is 2.13. The van der Waals surface area contributed by atoms with Crippen molar-refractivity contribution >= 4 is 5.82 Å². The Morgan fingerprint density at radius 3 is 2.20 bits per heavy atom. The fraction of sp³-hybridized carbons (Fsp3) is 0.333. The molecule has 0 atom stereocenters. The van der Waals surface area contributed by atoms with E-state index in [9.17, 15) is 4.91 Å². The zero-order valence-electron chi connectivity index (χ0n) is 5.80. The largest absolute Gasteiger partial charge is 0.494 e. The summed E-state index contributed by atoms with van der Waals surface area (Å²) in [6, 6.07) is 0. The molecular weight excluding hydrogens is 132 g/mol. The predicted molar refractivity (Wildman–Crippen MR) is 37.4 cm³/mol. The Hall–Kier alpha value is -1.32. The first-order valence-corrected chi connectivity index (χ1v) is 2.88. The van der Waals surface area contributed by atoms with E-state index in [1.165, 1.54) is 0 Å². The molecule has 1 aromatic rings. The molecule has 54 valence electrons. The number of aromatic amines is 1. The van der Waals surface area contributed by atoms with E-state index in [1.54, 1.807) is 13.8 Å². The molecule has 0 aromatic carbocycles. The van der Waals surface area contributed by atoms with Crippen LogP contribution < -0.4 is 0 Å². The van der Waals surface area contributed by atoms with Crippen LogP contribution in [0.25, 0.3) is 0 Å². The Morgan fingerprint density at radius 1 is 1.40 bits per heavy atom. The van der Waals surface area contributed by atoms with Crippen LogP contribution in [0.2, 0.25) is 0 Å². The zero-order valence-corrected chi connectivity index (χ0v) is 5.80. The summed E-state index contributed by atoms with van der Waals surface area (Å²) in [6.07, 6.45) is 0. The number of nitrogens with one attached hydrogen (secondary N) is 1. The number of hydrogen-bond donors (Lipinski definition) is 2. The maximum Gasteiger partial charge on any atom is 0.193 e. The van der Waals surface area contributed by atoms with Gasteiger partial charge in [0.15, 0.2) is 11.7 Å². The molecule has 4 nitrogen and oxygen atoms in total. The Bertz CT molecular complexity index is 265. The molecule has 4 heteroatoms. The fourth-order valence-electron chi connectivity index (χ4n) is 0.746. The van der Waals surface area contributed by atoms with Gasteiger partial charge in [-0.05, 0) is 19.0 Å². The van der Waals surface area contributed by atoms with Crippen LogP contribution in [-0.2, 0) is 0 Å². The lowest BCUT2D eigenvalue weighted by Gasteiger charge is -1.85. The number of H-pyrrole nitrogens is 1. The van der Waals surface area contributed by atoms with Crippen molar-refractivity contribution in [1.29, 1.82) is 0 Å². The second-order valence-corrected chi connectivity index (χ2v) is 2.16. The van der Waals surface area contributed by atoms with Crippen LogP contribution >= 0.6 is 0 Å². The molecule has 0 aliphatic carbocycles.